The summed E-state index contributed by atoms with van der Waals surface area (Å²) in [6.07, 6.45) is 0.919. The van der Waals surface area contributed by atoms with Crippen molar-refractivity contribution in [2.24, 2.45) is 5.73 Å². The van der Waals surface area contributed by atoms with E-state index in [4.69, 9.17) is 5.73 Å². The first-order valence-electron chi connectivity index (χ1n) is 6.33. The van der Waals surface area contributed by atoms with E-state index in [1.165, 1.54) is 10.4 Å². The van der Waals surface area contributed by atoms with Gasteiger partial charge >= 0.3 is 6.03 Å². The minimum atomic E-state index is -0.553. The summed E-state index contributed by atoms with van der Waals surface area (Å²) in [4.78, 5) is 12.9. The number of rotatable bonds is 3. The third-order valence-corrected chi connectivity index (χ3v) is 3.65. The zero-order valence-corrected chi connectivity index (χ0v) is 12.0. The van der Waals surface area contributed by atoms with Crippen molar-refractivity contribution in [3.05, 3.63) is 57.8 Å². The maximum atomic E-state index is 10.7. The largest absolute Gasteiger partial charge is 0.352 e. The van der Waals surface area contributed by atoms with E-state index in [-0.39, 0.29) is 6.04 Å². The first-order chi connectivity index (χ1) is 9.63. The van der Waals surface area contributed by atoms with Crippen LogP contribution in [0, 0.1) is 11.8 Å². The van der Waals surface area contributed by atoms with Gasteiger partial charge in [0.05, 0.1) is 10.9 Å². The van der Waals surface area contributed by atoms with Gasteiger partial charge in [-0.3, -0.25) is 0 Å². The molecule has 0 fully saturated rings. The number of amides is 2. The molecule has 2 rings (SSSR count). The van der Waals surface area contributed by atoms with Crippen molar-refractivity contribution in [1.82, 2.24) is 5.32 Å². The van der Waals surface area contributed by atoms with E-state index in [0.29, 0.717) is 0 Å². The van der Waals surface area contributed by atoms with E-state index >= 15 is 0 Å². The minimum absolute atomic E-state index is 0.243. The Morgan fingerprint density at radius 1 is 1.30 bits per heavy atom. The van der Waals surface area contributed by atoms with E-state index in [0.717, 1.165) is 11.3 Å². The number of nitrogens with two attached hydrogens (primary N) is 1. The molecule has 0 unspecified atom stereocenters. The second-order valence-corrected chi connectivity index (χ2v) is 5.60. The number of hydrogen-bond donors (Lipinski definition) is 2. The molecule has 1 atom stereocenters. The van der Waals surface area contributed by atoms with E-state index in [1.54, 1.807) is 18.3 Å². The van der Waals surface area contributed by atoms with Gasteiger partial charge in [0.25, 0.3) is 0 Å². The van der Waals surface area contributed by atoms with Gasteiger partial charge in [0.15, 0.2) is 0 Å². The lowest BCUT2D eigenvalue weighted by atomic mass is 10.1. The Labute approximate surface area is 122 Å². The molecule has 0 aliphatic carbocycles. The summed E-state index contributed by atoms with van der Waals surface area (Å²) in [5.74, 6) is 6.01. The maximum absolute atomic E-state index is 10.7. The molecule has 102 valence electrons. The highest BCUT2D eigenvalue weighted by atomic mass is 32.1. The number of carbonyl (C=O) groups is 1. The standard InChI is InChI=1S/C16H16N2OS/c1-12(18-16(17)19)7-8-14-9-10-15(20-14)11-13-5-3-2-4-6-13/h2-6,9-10,12H,11H2,1H3,(H3,17,18,19)/t12-/m0/s1. The molecule has 3 nitrogen and oxygen atoms in total. The van der Waals surface area contributed by atoms with Crippen LogP contribution in [0.3, 0.4) is 0 Å². The van der Waals surface area contributed by atoms with Crippen LogP contribution in [0.5, 0.6) is 0 Å². The zero-order chi connectivity index (χ0) is 14.4. The highest BCUT2D eigenvalue weighted by Gasteiger charge is 2.01. The molecule has 2 aromatic rings. The number of thiophene rings is 1. The number of hydrogen-bond acceptors (Lipinski definition) is 2. The van der Waals surface area contributed by atoms with E-state index in [9.17, 15) is 4.79 Å². The fourth-order valence-electron chi connectivity index (χ4n) is 1.77. The molecule has 0 saturated carbocycles. The molecule has 20 heavy (non-hydrogen) atoms. The van der Waals surface area contributed by atoms with Crippen molar-refractivity contribution < 1.29 is 4.79 Å². The van der Waals surface area contributed by atoms with Crippen LogP contribution in [0.15, 0.2) is 42.5 Å². The Morgan fingerprint density at radius 2 is 2.05 bits per heavy atom. The van der Waals surface area contributed by atoms with Crippen LogP contribution in [0.2, 0.25) is 0 Å². The highest BCUT2D eigenvalue weighted by Crippen LogP contribution is 2.19. The zero-order valence-electron chi connectivity index (χ0n) is 11.2. The molecule has 0 aliphatic heterocycles. The molecule has 2 amide bonds. The van der Waals surface area contributed by atoms with Crippen molar-refractivity contribution >= 4 is 17.4 Å². The predicted octanol–water partition coefficient (Wildman–Crippen LogP) is 2.75. The van der Waals surface area contributed by atoms with Gasteiger partial charge in [-0.2, -0.15) is 0 Å². The fourth-order valence-corrected chi connectivity index (χ4v) is 2.67. The summed E-state index contributed by atoms with van der Waals surface area (Å²) in [6.45, 7) is 1.80. The molecule has 0 radical (unpaired) electrons. The second-order valence-electron chi connectivity index (χ2n) is 4.43. The quantitative estimate of drug-likeness (QED) is 0.837. The molecule has 0 spiro atoms. The van der Waals surface area contributed by atoms with Crippen LogP contribution in [0.4, 0.5) is 4.79 Å². The van der Waals surface area contributed by atoms with Gasteiger partial charge in [0, 0.05) is 11.3 Å². The highest BCUT2D eigenvalue weighted by molar-refractivity contribution is 7.12. The maximum Gasteiger partial charge on any atom is 0.313 e. The van der Waals surface area contributed by atoms with Crippen LogP contribution in [0.25, 0.3) is 0 Å². The summed E-state index contributed by atoms with van der Waals surface area (Å²) in [7, 11) is 0. The number of urea groups is 1. The molecule has 3 N–H and O–H groups in total. The van der Waals surface area contributed by atoms with Crippen LogP contribution < -0.4 is 11.1 Å². The average molecular weight is 284 g/mol. The van der Waals surface area contributed by atoms with Crippen molar-refractivity contribution in [3.8, 4) is 11.8 Å². The van der Waals surface area contributed by atoms with Crippen LogP contribution in [-0.4, -0.2) is 12.1 Å². The lowest BCUT2D eigenvalue weighted by Gasteiger charge is -2.02. The van der Waals surface area contributed by atoms with Crippen molar-refractivity contribution in [1.29, 1.82) is 0 Å². The lowest BCUT2D eigenvalue weighted by molar-refractivity contribution is 0.248. The molecule has 0 bridgehead atoms. The Bertz CT molecular complexity index is 637. The summed E-state index contributed by atoms with van der Waals surface area (Å²) >= 11 is 1.67. The van der Waals surface area contributed by atoms with Gasteiger partial charge in [-0.1, -0.05) is 42.2 Å². The van der Waals surface area contributed by atoms with E-state index < -0.39 is 6.03 Å². The number of nitrogens with one attached hydrogen (secondary N) is 1. The van der Waals surface area contributed by atoms with Crippen LogP contribution in [0.1, 0.15) is 22.2 Å². The average Bonchev–Trinajstić information content (AvgIpc) is 2.84. The SMILES string of the molecule is C[C@@H](C#Cc1ccc(Cc2ccccc2)s1)NC(N)=O. The molecular weight excluding hydrogens is 268 g/mol. The molecular formula is C16H16N2OS. The number of benzene rings is 1. The van der Waals surface area contributed by atoms with Crippen LogP contribution >= 0.6 is 11.3 Å². The molecule has 4 heteroatoms. The molecule has 1 aromatic carbocycles. The Balaban J connectivity index is 1.99. The summed E-state index contributed by atoms with van der Waals surface area (Å²) in [5, 5.41) is 2.53. The molecule has 0 saturated heterocycles. The molecule has 1 aromatic heterocycles. The van der Waals surface area contributed by atoms with Gasteiger partial charge in [0.1, 0.15) is 0 Å². The Kier molecular flexibility index (Phi) is 4.80. The lowest BCUT2D eigenvalue weighted by Crippen LogP contribution is -2.35. The van der Waals surface area contributed by atoms with E-state index in [2.05, 4.69) is 35.4 Å². The summed E-state index contributed by atoms with van der Waals surface area (Å²) in [6, 6.07) is 13.6. The van der Waals surface area contributed by atoms with Gasteiger partial charge in [-0.05, 0) is 24.6 Å². The van der Waals surface area contributed by atoms with E-state index in [1.807, 2.05) is 24.3 Å². The minimum Gasteiger partial charge on any atom is -0.352 e. The topological polar surface area (TPSA) is 55.1 Å². The second kappa shape index (κ2) is 6.78. The Hall–Kier alpha value is -2.25. The van der Waals surface area contributed by atoms with Crippen molar-refractivity contribution in [2.45, 2.75) is 19.4 Å². The number of primary amides is 1. The first kappa shape index (κ1) is 14.2. The molecule has 1 heterocycles. The molecule has 0 aliphatic rings. The summed E-state index contributed by atoms with van der Waals surface area (Å²) < 4.78 is 0. The predicted molar refractivity (Wildman–Crippen MR) is 82.6 cm³/mol. The van der Waals surface area contributed by atoms with Gasteiger partial charge in [-0.25, -0.2) is 4.79 Å². The van der Waals surface area contributed by atoms with Crippen molar-refractivity contribution in [3.63, 3.8) is 0 Å². The first-order valence-corrected chi connectivity index (χ1v) is 7.15. The Morgan fingerprint density at radius 3 is 2.75 bits per heavy atom. The number of carbonyl (C=O) groups excluding carboxylic acids is 1. The smallest absolute Gasteiger partial charge is 0.313 e. The van der Waals surface area contributed by atoms with Gasteiger partial charge in [-0.15, -0.1) is 11.3 Å². The summed E-state index contributed by atoms with van der Waals surface area (Å²) in [5.41, 5.74) is 6.33. The van der Waals surface area contributed by atoms with Gasteiger partial charge < -0.3 is 11.1 Å². The van der Waals surface area contributed by atoms with Crippen molar-refractivity contribution in [2.75, 3.05) is 0 Å². The third-order valence-electron chi connectivity index (χ3n) is 2.65. The normalized spacial score (nSPS) is 11.2. The van der Waals surface area contributed by atoms with Gasteiger partial charge in [0.2, 0.25) is 0 Å². The monoisotopic (exact) mass is 284 g/mol. The van der Waals surface area contributed by atoms with Crippen LogP contribution in [-0.2, 0) is 6.42 Å². The fraction of sp³-hybridized carbons (Fsp3) is 0.188. The third kappa shape index (κ3) is 4.45.